The largest absolute Gasteiger partial charge is 0.493 e. The molecule has 0 aliphatic heterocycles. The average Bonchev–Trinajstić information content (AvgIpc) is 2.73. The smallest absolute Gasteiger partial charge is 0.416 e. The molecule has 3 aromatic rings. The molecule has 0 amide bonds. The predicted molar refractivity (Wildman–Crippen MR) is 111 cm³/mol. The lowest BCUT2D eigenvalue weighted by Crippen LogP contribution is -2.05. The number of nitrogens with zero attached hydrogens (tertiary/aromatic N) is 1. The molecule has 0 spiro atoms. The van der Waals surface area contributed by atoms with Crippen LogP contribution in [0.2, 0.25) is 5.02 Å². The van der Waals surface area contributed by atoms with Gasteiger partial charge in [-0.05, 0) is 59.7 Å². The lowest BCUT2D eigenvalue weighted by molar-refractivity contribution is -0.137. The normalized spacial score (nSPS) is 11.5. The Bertz CT molecular complexity index is 1020. The number of hydrazone groups is 1. The first-order chi connectivity index (χ1) is 14.3. The van der Waals surface area contributed by atoms with Crippen LogP contribution in [0, 0.1) is 0 Å². The van der Waals surface area contributed by atoms with Gasteiger partial charge >= 0.3 is 6.18 Å². The van der Waals surface area contributed by atoms with Crippen LogP contribution in [0.1, 0.15) is 16.7 Å². The van der Waals surface area contributed by atoms with Crippen LogP contribution in [0.5, 0.6) is 11.5 Å². The zero-order valence-electron chi connectivity index (χ0n) is 15.9. The summed E-state index contributed by atoms with van der Waals surface area (Å²) in [4.78, 5) is 0. The van der Waals surface area contributed by atoms with Gasteiger partial charge in [-0.2, -0.15) is 18.3 Å². The molecule has 1 N–H and O–H groups in total. The third kappa shape index (κ3) is 5.90. The molecule has 3 aromatic carbocycles. The van der Waals surface area contributed by atoms with Gasteiger partial charge in [-0.15, -0.1) is 0 Å². The number of methoxy groups -OCH3 is 1. The summed E-state index contributed by atoms with van der Waals surface area (Å²) in [6, 6.07) is 17.3. The summed E-state index contributed by atoms with van der Waals surface area (Å²) in [6.45, 7) is 0.345. The van der Waals surface area contributed by atoms with Gasteiger partial charge in [0.1, 0.15) is 6.61 Å². The first-order valence-electron chi connectivity index (χ1n) is 8.87. The lowest BCUT2D eigenvalue weighted by atomic mass is 10.2. The SMILES string of the molecule is COc1cc(C=NNc2cccc(C(F)(F)F)c2)ccc1OCc1ccc(Cl)cc1. The maximum absolute atomic E-state index is 12.8. The summed E-state index contributed by atoms with van der Waals surface area (Å²) in [7, 11) is 1.52. The first kappa shape index (κ1) is 21.5. The predicted octanol–water partition coefficient (Wildman–Crippen LogP) is 6.39. The van der Waals surface area contributed by atoms with Crippen LogP contribution < -0.4 is 14.9 Å². The van der Waals surface area contributed by atoms with E-state index in [4.69, 9.17) is 21.1 Å². The third-order valence-electron chi connectivity index (χ3n) is 4.09. The summed E-state index contributed by atoms with van der Waals surface area (Å²) in [5, 5.41) is 4.64. The lowest BCUT2D eigenvalue weighted by Gasteiger charge is -2.11. The number of alkyl halides is 3. The van der Waals surface area contributed by atoms with Gasteiger partial charge in [0.2, 0.25) is 0 Å². The summed E-state index contributed by atoms with van der Waals surface area (Å²) in [6.07, 6.45) is -2.93. The first-order valence-corrected chi connectivity index (χ1v) is 9.24. The number of anilines is 1. The van der Waals surface area contributed by atoms with Crippen LogP contribution in [-0.4, -0.2) is 13.3 Å². The molecule has 0 heterocycles. The minimum absolute atomic E-state index is 0.232. The molecule has 0 radical (unpaired) electrons. The van der Waals surface area contributed by atoms with E-state index in [9.17, 15) is 13.2 Å². The quantitative estimate of drug-likeness (QED) is 0.346. The van der Waals surface area contributed by atoms with Crippen molar-refractivity contribution in [2.45, 2.75) is 12.8 Å². The van der Waals surface area contributed by atoms with Gasteiger partial charge in [0.15, 0.2) is 11.5 Å². The number of hydrogen-bond donors (Lipinski definition) is 1. The van der Waals surface area contributed by atoms with Crippen LogP contribution in [0.25, 0.3) is 0 Å². The fourth-order valence-corrected chi connectivity index (χ4v) is 2.70. The number of benzene rings is 3. The molecule has 0 saturated heterocycles. The fourth-order valence-electron chi connectivity index (χ4n) is 2.57. The number of ether oxygens (including phenoxy) is 2. The van der Waals surface area contributed by atoms with Crippen LogP contribution in [-0.2, 0) is 12.8 Å². The highest BCUT2D eigenvalue weighted by atomic mass is 35.5. The van der Waals surface area contributed by atoms with Crippen LogP contribution in [0.15, 0.2) is 71.8 Å². The molecule has 8 heteroatoms. The van der Waals surface area contributed by atoms with Gasteiger partial charge in [0.05, 0.1) is 24.6 Å². The molecule has 0 unspecified atom stereocenters. The van der Waals surface area contributed by atoms with Crippen molar-refractivity contribution in [3.63, 3.8) is 0 Å². The molecule has 0 atom stereocenters. The minimum Gasteiger partial charge on any atom is -0.493 e. The number of rotatable bonds is 7. The van der Waals surface area contributed by atoms with E-state index in [-0.39, 0.29) is 5.69 Å². The Balaban J connectivity index is 1.65. The summed E-state index contributed by atoms with van der Waals surface area (Å²) >= 11 is 5.87. The minimum atomic E-state index is -4.41. The van der Waals surface area contributed by atoms with Crippen molar-refractivity contribution < 1.29 is 22.6 Å². The van der Waals surface area contributed by atoms with Gasteiger partial charge < -0.3 is 9.47 Å². The Morgan fingerprint density at radius 2 is 1.77 bits per heavy atom. The fraction of sp³-hybridized carbons (Fsp3) is 0.136. The Morgan fingerprint density at radius 1 is 1.00 bits per heavy atom. The van der Waals surface area contributed by atoms with Gasteiger partial charge in [0, 0.05) is 5.02 Å². The van der Waals surface area contributed by atoms with E-state index >= 15 is 0 Å². The molecule has 4 nitrogen and oxygen atoms in total. The van der Waals surface area contributed by atoms with E-state index in [1.54, 1.807) is 30.3 Å². The molecular weight excluding hydrogens is 417 g/mol. The van der Waals surface area contributed by atoms with E-state index in [1.165, 1.54) is 25.5 Å². The van der Waals surface area contributed by atoms with Gasteiger partial charge in [-0.3, -0.25) is 5.43 Å². The molecule has 3 rings (SSSR count). The van der Waals surface area contributed by atoms with Crippen molar-refractivity contribution in [3.8, 4) is 11.5 Å². The maximum atomic E-state index is 12.8. The highest BCUT2D eigenvalue weighted by Crippen LogP contribution is 2.31. The molecule has 30 heavy (non-hydrogen) atoms. The molecule has 0 bridgehead atoms. The van der Waals surface area contributed by atoms with Crippen molar-refractivity contribution in [1.29, 1.82) is 0 Å². The van der Waals surface area contributed by atoms with E-state index < -0.39 is 11.7 Å². The van der Waals surface area contributed by atoms with Crippen LogP contribution in [0.4, 0.5) is 18.9 Å². The molecule has 0 aromatic heterocycles. The molecule has 0 aliphatic carbocycles. The zero-order valence-corrected chi connectivity index (χ0v) is 16.7. The van der Waals surface area contributed by atoms with Gasteiger partial charge in [-0.1, -0.05) is 29.8 Å². The van der Waals surface area contributed by atoms with E-state index in [2.05, 4.69) is 10.5 Å². The van der Waals surface area contributed by atoms with Gasteiger partial charge in [0.25, 0.3) is 0 Å². The van der Waals surface area contributed by atoms with E-state index in [0.29, 0.717) is 28.7 Å². The molecular formula is C22H18ClF3N2O2. The molecule has 0 aliphatic rings. The monoisotopic (exact) mass is 434 g/mol. The molecule has 0 saturated carbocycles. The van der Waals surface area contributed by atoms with Crippen molar-refractivity contribution in [3.05, 3.63) is 88.4 Å². The molecule has 156 valence electrons. The maximum Gasteiger partial charge on any atom is 0.416 e. The van der Waals surface area contributed by atoms with E-state index in [0.717, 1.165) is 17.7 Å². The van der Waals surface area contributed by atoms with Crippen molar-refractivity contribution in [2.24, 2.45) is 5.10 Å². The highest BCUT2D eigenvalue weighted by molar-refractivity contribution is 6.30. The van der Waals surface area contributed by atoms with E-state index in [1.807, 2.05) is 12.1 Å². The number of halogens is 4. The Morgan fingerprint density at radius 3 is 2.47 bits per heavy atom. The van der Waals surface area contributed by atoms with Gasteiger partial charge in [-0.25, -0.2) is 0 Å². The van der Waals surface area contributed by atoms with Crippen LogP contribution in [0.3, 0.4) is 0 Å². The Kier molecular flexibility index (Phi) is 6.84. The Hall–Kier alpha value is -3.19. The van der Waals surface area contributed by atoms with Crippen molar-refractivity contribution >= 4 is 23.5 Å². The topological polar surface area (TPSA) is 42.8 Å². The number of nitrogens with one attached hydrogen (secondary N) is 1. The number of hydrogen-bond acceptors (Lipinski definition) is 4. The van der Waals surface area contributed by atoms with Crippen LogP contribution >= 0.6 is 11.6 Å². The average molecular weight is 435 g/mol. The second kappa shape index (κ2) is 9.54. The zero-order chi connectivity index (χ0) is 21.6. The third-order valence-corrected chi connectivity index (χ3v) is 4.34. The second-order valence-electron chi connectivity index (χ2n) is 6.27. The summed E-state index contributed by atoms with van der Waals surface area (Å²) in [5.74, 6) is 1.06. The summed E-state index contributed by atoms with van der Waals surface area (Å²) < 4.78 is 49.5. The van der Waals surface area contributed by atoms with Crippen molar-refractivity contribution in [2.75, 3.05) is 12.5 Å². The molecule has 0 fully saturated rings. The highest BCUT2D eigenvalue weighted by Gasteiger charge is 2.30. The standard InChI is InChI=1S/C22H18ClF3N2O2/c1-29-21-11-16(7-10-20(21)30-14-15-5-8-18(23)9-6-15)13-27-28-19-4-2-3-17(12-19)22(24,25)26/h2-13,28H,14H2,1H3. The second-order valence-corrected chi connectivity index (χ2v) is 6.71. The Labute approximate surface area is 176 Å². The van der Waals surface area contributed by atoms with Crippen molar-refractivity contribution in [1.82, 2.24) is 0 Å². The summed E-state index contributed by atoms with van der Waals surface area (Å²) in [5.41, 5.74) is 3.73.